The number of benzene rings is 2. The number of nitrogens with zero attached hydrogens (tertiary/aromatic N) is 1. The number of hydrogen-bond donors (Lipinski definition) is 2. The lowest BCUT2D eigenvalue weighted by atomic mass is 10.1. The molecule has 2 aromatic carbocycles. The molecule has 0 amide bonds. The van der Waals surface area contributed by atoms with Crippen LogP contribution in [-0.4, -0.2) is 34.8 Å². The van der Waals surface area contributed by atoms with Gasteiger partial charge in [0.2, 0.25) is 0 Å². The minimum Gasteiger partial charge on any atom is -0.493 e. The minimum absolute atomic E-state index is 0.0717. The molecule has 0 fully saturated rings. The van der Waals surface area contributed by atoms with E-state index >= 15 is 0 Å². The van der Waals surface area contributed by atoms with E-state index in [0.29, 0.717) is 40.4 Å². The van der Waals surface area contributed by atoms with Crippen LogP contribution in [0.4, 0.5) is 0 Å². The van der Waals surface area contributed by atoms with Gasteiger partial charge in [0.15, 0.2) is 11.5 Å². The Hall–Kier alpha value is -3.35. The van der Waals surface area contributed by atoms with Crippen molar-refractivity contribution in [3.63, 3.8) is 0 Å². The number of ether oxygens (including phenoxy) is 2. The Labute approximate surface area is 149 Å². The Balaban J connectivity index is 2.09. The molecule has 0 saturated carbocycles. The summed E-state index contributed by atoms with van der Waals surface area (Å²) >= 11 is 0. The first kappa shape index (κ1) is 17.5. The van der Waals surface area contributed by atoms with E-state index in [9.17, 15) is 9.59 Å². The first-order valence-corrected chi connectivity index (χ1v) is 8.12. The normalized spacial score (nSPS) is 10.7. The van der Waals surface area contributed by atoms with E-state index in [0.717, 1.165) is 6.42 Å². The Morgan fingerprint density at radius 2 is 2.00 bits per heavy atom. The number of nitrogens with one attached hydrogen (secondary N) is 1. The number of fused-ring (bicyclic) bond motifs is 1. The highest BCUT2D eigenvalue weighted by molar-refractivity contribution is 5.93. The van der Waals surface area contributed by atoms with Gasteiger partial charge in [-0.1, -0.05) is 6.92 Å². The number of aromatic nitrogens is 2. The summed E-state index contributed by atoms with van der Waals surface area (Å²) in [7, 11) is 1.54. The summed E-state index contributed by atoms with van der Waals surface area (Å²) in [4.78, 5) is 30.6. The van der Waals surface area contributed by atoms with Crippen LogP contribution in [-0.2, 0) is 0 Å². The summed E-state index contributed by atoms with van der Waals surface area (Å²) in [5.41, 5.74) is 0.675. The molecule has 0 unspecified atom stereocenters. The number of hydrogen-bond acceptors (Lipinski definition) is 5. The molecule has 7 nitrogen and oxygen atoms in total. The molecule has 2 N–H and O–H groups in total. The van der Waals surface area contributed by atoms with Crippen molar-refractivity contribution in [1.82, 2.24) is 9.97 Å². The second-order valence-corrected chi connectivity index (χ2v) is 5.67. The third-order valence-electron chi connectivity index (χ3n) is 3.85. The molecule has 1 aromatic heterocycles. The van der Waals surface area contributed by atoms with Crippen LogP contribution in [0.2, 0.25) is 0 Å². The summed E-state index contributed by atoms with van der Waals surface area (Å²) in [6, 6.07) is 9.45. The Kier molecular flexibility index (Phi) is 4.88. The lowest BCUT2D eigenvalue weighted by Gasteiger charge is -2.11. The topological polar surface area (TPSA) is 102 Å². The highest BCUT2D eigenvalue weighted by atomic mass is 16.5. The standard InChI is InChI=1S/C19H18N2O5/c1-3-8-26-15-7-5-11(10-16(15)25-2)17-20-14-9-12(19(23)24)4-6-13(14)18(22)21-17/h4-7,9-10H,3,8H2,1-2H3,(H,23,24)(H,20,21,22). The van der Waals surface area contributed by atoms with Crippen molar-refractivity contribution in [3.05, 3.63) is 52.3 Å². The number of rotatable bonds is 6. The molecule has 3 rings (SSSR count). The van der Waals surface area contributed by atoms with E-state index < -0.39 is 5.97 Å². The lowest BCUT2D eigenvalue weighted by Crippen LogP contribution is -2.10. The number of carboxylic acid groups (broad SMARTS) is 1. The number of aromatic amines is 1. The smallest absolute Gasteiger partial charge is 0.335 e. The van der Waals surface area contributed by atoms with E-state index in [4.69, 9.17) is 14.6 Å². The van der Waals surface area contributed by atoms with Gasteiger partial charge in [0.25, 0.3) is 5.56 Å². The van der Waals surface area contributed by atoms with Gasteiger partial charge in [-0.3, -0.25) is 4.79 Å². The van der Waals surface area contributed by atoms with Crippen LogP contribution in [0, 0.1) is 0 Å². The van der Waals surface area contributed by atoms with E-state index in [1.54, 1.807) is 18.2 Å². The van der Waals surface area contributed by atoms with Crippen LogP contribution >= 0.6 is 0 Å². The molecular weight excluding hydrogens is 336 g/mol. The fourth-order valence-corrected chi connectivity index (χ4v) is 2.56. The fourth-order valence-electron chi connectivity index (χ4n) is 2.56. The van der Waals surface area contributed by atoms with Crippen LogP contribution in [0.5, 0.6) is 11.5 Å². The van der Waals surface area contributed by atoms with E-state index in [-0.39, 0.29) is 11.1 Å². The second kappa shape index (κ2) is 7.26. The Morgan fingerprint density at radius 1 is 1.19 bits per heavy atom. The third kappa shape index (κ3) is 3.37. The number of aromatic carboxylic acids is 1. The van der Waals surface area contributed by atoms with Gasteiger partial charge in [0.1, 0.15) is 5.82 Å². The van der Waals surface area contributed by atoms with Crippen LogP contribution in [0.1, 0.15) is 23.7 Å². The zero-order valence-electron chi connectivity index (χ0n) is 14.4. The van der Waals surface area contributed by atoms with Gasteiger partial charge in [-0.05, 0) is 42.8 Å². The van der Waals surface area contributed by atoms with Crippen LogP contribution < -0.4 is 15.0 Å². The van der Waals surface area contributed by atoms with Crippen LogP contribution in [0.15, 0.2) is 41.2 Å². The van der Waals surface area contributed by atoms with Crippen molar-refractivity contribution in [2.45, 2.75) is 13.3 Å². The molecule has 7 heteroatoms. The number of carbonyl (C=O) groups is 1. The molecule has 3 aromatic rings. The monoisotopic (exact) mass is 354 g/mol. The summed E-state index contributed by atoms with van der Waals surface area (Å²) < 4.78 is 11.0. The molecular formula is C19H18N2O5. The molecule has 0 aliphatic heterocycles. The zero-order chi connectivity index (χ0) is 18.7. The number of H-pyrrole nitrogens is 1. The number of methoxy groups -OCH3 is 1. The Morgan fingerprint density at radius 3 is 2.69 bits per heavy atom. The van der Waals surface area contributed by atoms with Crippen molar-refractivity contribution in [1.29, 1.82) is 0 Å². The van der Waals surface area contributed by atoms with Crippen LogP contribution in [0.25, 0.3) is 22.3 Å². The van der Waals surface area contributed by atoms with Gasteiger partial charge < -0.3 is 19.6 Å². The number of carboxylic acids is 1. The zero-order valence-corrected chi connectivity index (χ0v) is 14.4. The predicted molar refractivity (Wildman–Crippen MR) is 97.1 cm³/mol. The van der Waals surface area contributed by atoms with Gasteiger partial charge in [0.05, 0.1) is 30.2 Å². The average molecular weight is 354 g/mol. The second-order valence-electron chi connectivity index (χ2n) is 5.67. The summed E-state index contributed by atoms with van der Waals surface area (Å²) in [5, 5.41) is 9.45. The molecule has 0 aliphatic rings. The van der Waals surface area contributed by atoms with Gasteiger partial charge in [-0.25, -0.2) is 9.78 Å². The van der Waals surface area contributed by atoms with E-state index in [1.165, 1.54) is 25.3 Å². The quantitative estimate of drug-likeness (QED) is 0.705. The van der Waals surface area contributed by atoms with Gasteiger partial charge >= 0.3 is 5.97 Å². The van der Waals surface area contributed by atoms with Crippen molar-refractivity contribution in [2.24, 2.45) is 0 Å². The predicted octanol–water partition coefficient (Wildman–Crippen LogP) is 3.09. The van der Waals surface area contributed by atoms with Crippen molar-refractivity contribution >= 4 is 16.9 Å². The molecule has 0 spiro atoms. The van der Waals surface area contributed by atoms with Crippen molar-refractivity contribution in [3.8, 4) is 22.9 Å². The highest BCUT2D eigenvalue weighted by Gasteiger charge is 2.12. The molecule has 26 heavy (non-hydrogen) atoms. The molecule has 0 aliphatic carbocycles. The maximum absolute atomic E-state index is 12.3. The molecule has 0 atom stereocenters. The lowest BCUT2D eigenvalue weighted by molar-refractivity contribution is 0.0697. The maximum Gasteiger partial charge on any atom is 0.335 e. The molecule has 134 valence electrons. The average Bonchev–Trinajstić information content (AvgIpc) is 2.65. The largest absolute Gasteiger partial charge is 0.493 e. The van der Waals surface area contributed by atoms with Gasteiger partial charge in [-0.15, -0.1) is 0 Å². The minimum atomic E-state index is -1.07. The SMILES string of the molecule is CCCOc1ccc(-c2nc3cc(C(=O)O)ccc3c(=O)[nH]2)cc1OC. The molecule has 1 heterocycles. The summed E-state index contributed by atoms with van der Waals surface area (Å²) in [5.74, 6) is 0.382. The highest BCUT2D eigenvalue weighted by Crippen LogP contribution is 2.31. The molecule has 0 bridgehead atoms. The van der Waals surface area contributed by atoms with Gasteiger partial charge in [0, 0.05) is 5.56 Å². The molecule has 0 radical (unpaired) electrons. The maximum atomic E-state index is 12.3. The van der Waals surface area contributed by atoms with Gasteiger partial charge in [-0.2, -0.15) is 0 Å². The first-order valence-electron chi connectivity index (χ1n) is 8.12. The Bertz CT molecular complexity index is 1030. The third-order valence-corrected chi connectivity index (χ3v) is 3.85. The summed E-state index contributed by atoms with van der Waals surface area (Å²) in [6.07, 6.45) is 0.871. The van der Waals surface area contributed by atoms with Crippen molar-refractivity contribution < 1.29 is 19.4 Å². The van der Waals surface area contributed by atoms with E-state index in [2.05, 4.69) is 9.97 Å². The molecule has 0 saturated heterocycles. The fraction of sp³-hybridized carbons (Fsp3) is 0.211. The van der Waals surface area contributed by atoms with Crippen molar-refractivity contribution in [2.75, 3.05) is 13.7 Å². The van der Waals surface area contributed by atoms with Crippen LogP contribution in [0.3, 0.4) is 0 Å². The summed E-state index contributed by atoms with van der Waals surface area (Å²) in [6.45, 7) is 2.58. The first-order chi connectivity index (χ1) is 12.5. The van der Waals surface area contributed by atoms with E-state index in [1.807, 2.05) is 6.92 Å².